The molecule has 4 heteroatoms. The molecule has 1 heterocycles. The molecule has 1 aliphatic heterocycles. The number of hydrogen-bond donors (Lipinski definition) is 1. The van der Waals surface area contributed by atoms with Gasteiger partial charge in [0.25, 0.3) is 0 Å². The molecule has 128 valence electrons. The number of piperidine rings is 1. The van der Waals surface area contributed by atoms with E-state index < -0.39 is 0 Å². The van der Waals surface area contributed by atoms with Crippen LogP contribution in [0.25, 0.3) is 0 Å². The average molecular weight is 317 g/mol. The Kier molecular flexibility index (Phi) is 6.05. The third-order valence-corrected chi connectivity index (χ3v) is 4.04. The molecule has 1 saturated heterocycles. The van der Waals surface area contributed by atoms with Gasteiger partial charge in [0.2, 0.25) is 5.91 Å². The second-order valence-electron chi connectivity index (χ2n) is 7.68. The number of carbonyl (C=O) groups excluding carboxylic acids is 1. The van der Waals surface area contributed by atoms with Gasteiger partial charge in [0.05, 0.1) is 6.54 Å². The Morgan fingerprint density at radius 2 is 1.74 bits per heavy atom. The summed E-state index contributed by atoms with van der Waals surface area (Å²) >= 11 is 0. The van der Waals surface area contributed by atoms with Crippen molar-refractivity contribution in [2.24, 2.45) is 0 Å². The van der Waals surface area contributed by atoms with E-state index in [2.05, 4.69) is 39.4 Å². The van der Waals surface area contributed by atoms with Crippen molar-refractivity contribution in [3.63, 3.8) is 0 Å². The van der Waals surface area contributed by atoms with Gasteiger partial charge < -0.3 is 10.2 Å². The molecule has 0 spiro atoms. The van der Waals surface area contributed by atoms with E-state index in [1.54, 1.807) is 0 Å². The highest BCUT2D eigenvalue weighted by molar-refractivity contribution is 5.78. The number of nitrogens with one attached hydrogen (secondary N) is 1. The van der Waals surface area contributed by atoms with Crippen LogP contribution in [0.5, 0.6) is 0 Å². The van der Waals surface area contributed by atoms with Gasteiger partial charge in [-0.1, -0.05) is 12.1 Å². The molecule has 0 aromatic heterocycles. The molecule has 4 nitrogen and oxygen atoms in total. The summed E-state index contributed by atoms with van der Waals surface area (Å²) in [7, 11) is 1.99. The summed E-state index contributed by atoms with van der Waals surface area (Å²) in [6.07, 6.45) is 3.96. The molecule has 0 unspecified atom stereocenters. The van der Waals surface area contributed by atoms with Crippen LogP contribution in [0.3, 0.4) is 0 Å². The van der Waals surface area contributed by atoms with Gasteiger partial charge in [-0.2, -0.15) is 0 Å². The lowest BCUT2D eigenvalue weighted by molar-refractivity contribution is -0.123. The second kappa shape index (κ2) is 7.82. The van der Waals surface area contributed by atoms with Crippen LogP contribution in [0.4, 0.5) is 5.69 Å². The normalized spacial score (nSPS) is 15.8. The lowest BCUT2D eigenvalue weighted by atomic mass is 10.1. The predicted molar refractivity (Wildman–Crippen MR) is 96.7 cm³/mol. The van der Waals surface area contributed by atoms with E-state index in [1.165, 1.54) is 43.6 Å². The Morgan fingerprint density at radius 1 is 1.13 bits per heavy atom. The van der Waals surface area contributed by atoms with E-state index in [4.69, 9.17) is 0 Å². The molecule has 1 aromatic carbocycles. The van der Waals surface area contributed by atoms with Crippen molar-refractivity contribution in [1.82, 2.24) is 10.2 Å². The number of carbonyl (C=O) groups is 1. The fraction of sp³-hybridized carbons (Fsp3) is 0.632. The van der Waals surface area contributed by atoms with Crippen LogP contribution in [0.15, 0.2) is 24.3 Å². The highest BCUT2D eigenvalue weighted by Gasteiger charge is 2.15. The maximum Gasteiger partial charge on any atom is 0.234 e. The number of rotatable bonds is 5. The number of hydrogen-bond acceptors (Lipinski definition) is 3. The van der Waals surface area contributed by atoms with Gasteiger partial charge in [0.15, 0.2) is 0 Å². The zero-order chi connectivity index (χ0) is 16.9. The minimum atomic E-state index is -0.173. The Bertz CT molecular complexity index is 498. The molecule has 2 rings (SSSR count). The van der Waals surface area contributed by atoms with Crippen molar-refractivity contribution >= 4 is 11.6 Å². The van der Waals surface area contributed by atoms with Crippen LogP contribution >= 0.6 is 0 Å². The minimum Gasteiger partial charge on any atom is -0.372 e. The zero-order valence-electron chi connectivity index (χ0n) is 15.1. The minimum absolute atomic E-state index is 0.0740. The smallest absolute Gasteiger partial charge is 0.234 e. The lowest BCUT2D eigenvalue weighted by Gasteiger charge is -2.29. The van der Waals surface area contributed by atoms with Crippen LogP contribution in [0, 0.1) is 0 Å². The zero-order valence-corrected chi connectivity index (χ0v) is 15.1. The fourth-order valence-electron chi connectivity index (χ4n) is 3.03. The van der Waals surface area contributed by atoms with E-state index in [9.17, 15) is 4.79 Å². The first-order chi connectivity index (χ1) is 10.8. The van der Waals surface area contributed by atoms with Crippen LogP contribution in [-0.4, -0.2) is 43.0 Å². The number of likely N-dealkylation sites (N-methyl/N-ethyl adjacent to an activating group) is 1. The average Bonchev–Trinajstić information content (AvgIpc) is 2.46. The first-order valence-electron chi connectivity index (χ1n) is 8.67. The first-order valence-corrected chi connectivity index (χ1v) is 8.67. The summed E-state index contributed by atoms with van der Waals surface area (Å²) < 4.78 is 0. The standard InChI is InChI=1S/C19H31N3O/c1-19(2,3)20-18(23)15-21(4)14-16-8-10-17(11-9-16)22-12-6-5-7-13-22/h8-11H,5-7,12-15H2,1-4H3,(H,20,23). The quantitative estimate of drug-likeness (QED) is 0.907. The van der Waals surface area contributed by atoms with Gasteiger partial charge in [0.1, 0.15) is 0 Å². The predicted octanol–water partition coefficient (Wildman–Crippen LogP) is 3.02. The molecule has 0 saturated carbocycles. The maximum absolute atomic E-state index is 12.0. The largest absolute Gasteiger partial charge is 0.372 e. The molecule has 1 aliphatic rings. The van der Waals surface area contributed by atoms with Gasteiger partial charge in [-0.25, -0.2) is 0 Å². The molecule has 1 aromatic rings. The summed E-state index contributed by atoms with van der Waals surface area (Å²) in [5.41, 5.74) is 2.40. The number of anilines is 1. The number of amides is 1. The van der Waals surface area contributed by atoms with Crippen LogP contribution in [-0.2, 0) is 11.3 Å². The Labute approximate surface area is 140 Å². The summed E-state index contributed by atoms with van der Waals surface area (Å²) in [6.45, 7) is 9.57. The molecule has 0 radical (unpaired) electrons. The molecule has 23 heavy (non-hydrogen) atoms. The van der Waals surface area contributed by atoms with Crippen LogP contribution < -0.4 is 10.2 Å². The number of nitrogens with zero attached hydrogens (tertiary/aromatic N) is 2. The molecule has 0 aliphatic carbocycles. The van der Waals surface area contributed by atoms with Gasteiger partial charge >= 0.3 is 0 Å². The van der Waals surface area contributed by atoms with Crippen LogP contribution in [0.1, 0.15) is 45.6 Å². The summed E-state index contributed by atoms with van der Waals surface area (Å²) in [5, 5.41) is 3.00. The topological polar surface area (TPSA) is 35.6 Å². The highest BCUT2D eigenvalue weighted by atomic mass is 16.2. The van der Waals surface area contributed by atoms with E-state index in [0.29, 0.717) is 6.54 Å². The Hall–Kier alpha value is -1.55. The summed E-state index contributed by atoms with van der Waals surface area (Å²) in [6, 6.07) is 8.79. The van der Waals surface area contributed by atoms with Gasteiger partial charge in [-0.15, -0.1) is 0 Å². The molecular formula is C19H31N3O. The first kappa shape index (κ1) is 17.8. The van der Waals surface area contributed by atoms with Crippen molar-refractivity contribution in [2.75, 3.05) is 31.6 Å². The van der Waals surface area contributed by atoms with Crippen molar-refractivity contribution in [1.29, 1.82) is 0 Å². The maximum atomic E-state index is 12.0. The molecular weight excluding hydrogens is 286 g/mol. The van der Waals surface area contributed by atoms with E-state index in [0.717, 1.165) is 6.54 Å². The summed E-state index contributed by atoms with van der Waals surface area (Å²) in [4.78, 5) is 16.5. The Balaban J connectivity index is 1.84. The van der Waals surface area contributed by atoms with Gasteiger partial charge in [-0.05, 0) is 64.8 Å². The van der Waals surface area contributed by atoms with E-state index in [1.807, 2.05) is 27.8 Å². The fourth-order valence-corrected chi connectivity index (χ4v) is 3.03. The van der Waals surface area contributed by atoms with Crippen molar-refractivity contribution in [2.45, 2.75) is 52.1 Å². The third kappa shape index (κ3) is 6.22. The van der Waals surface area contributed by atoms with E-state index >= 15 is 0 Å². The van der Waals surface area contributed by atoms with Crippen molar-refractivity contribution < 1.29 is 4.79 Å². The SMILES string of the molecule is CN(CC(=O)NC(C)(C)C)Cc1ccc(N2CCCCC2)cc1. The summed E-state index contributed by atoms with van der Waals surface area (Å²) in [5.74, 6) is 0.0740. The molecule has 1 fully saturated rings. The Morgan fingerprint density at radius 3 is 2.30 bits per heavy atom. The van der Waals surface area contributed by atoms with E-state index in [-0.39, 0.29) is 11.4 Å². The second-order valence-corrected chi connectivity index (χ2v) is 7.68. The molecule has 1 N–H and O–H groups in total. The highest BCUT2D eigenvalue weighted by Crippen LogP contribution is 2.20. The molecule has 1 amide bonds. The monoisotopic (exact) mass is 317 g/mol. The third-order valence-electron chi connectivity index (χ3n) is 4.04. The molecule has 0 atom stereocenters. The van der Waals surface area contributed by atoms with Crippen molar-refractivity contribution in [3.05, 3.63) is 29.8 Å². The van der Waals surface area contributed by atoms with Gasteiger partial charge in [0, 0.05) is 30.9 Å². The molecule has 0 bridgehead atoms. The van der Waals surface area contributed by atoms with Crippen LogP contribution in [0.2, 0.25) is 0 Å². The van der Waals surface area contributed by atoms with Crippen molar-refractivity contribution in [3.8, 4) is 0 Å². The van der Waals surface area contributed by atoms with Gasteiger partial charge in [-0.3, -0.25) is 9.69 Å². The number of benzene rings is 1. The lowest BCUT2D eigenvalue weighted by Crippen LogP contribution is -2.45.